The number of thiophene rings is 1. The first kappa shape index (κ1) is 34.1. The smallest absolute Gasteiger partial charge is 0.323 e. The fraction of sp³-hybridized carbons (Fsp3) is 0.364. The van der Waals surface area contributed by atoms with Gasteiger partial charge in [0.05, 0.1) is 27.9 Å². The zero-order valence-electron chi connectivity index (χ0n) is 27.0. The van der Waals surface area contributed by atoms with Crippen molar-refractivity contribution >= 4 is 77.2 Å². The Morgan fingerprint density at radius 1 is 1.26 bits per heavy atom. The van der Waals surface area contributed by atoms with Crippen LogP contribution >= 0.6 is 34.3 Å². The molecule has 0 saturated carbocycles. The molecule has 12 nitrogen and oxygen atoms in total. The molecule has 7 rings (SSSR count). The lowest BCUT2D eigenvalue weighted by molar-refractivity contribution is 0.112. The summed E-state index contributed by atoms with van der Waals surface area (Å²) in [5.41, 5.74) is 6.08. The van der Waals surface area contributed by atoms with Crippen molar-refractivity contribution in [2.45, 2.75) is 38.0 Å². The lowest BCUT2D eigenvalue weighted by Gasteiger charge is -2.28. The zero-order chi connectivity index (χ0) is 35.3. The van der Waals surface area contributed by atoms with Crippen LogP contribution in [0.3, 0.4) is 0 Å². The number of thiazole rings is 1. The van der Waals surface area contributed by atoms with Crippen molar-refractivity contribution in [1.29, 1.82) is 5.26 Å². The van der Waals surface area contributed by atoms with Gasteiger partial charge in [-0.25, -0.2) is 18.6 Å². The summed E-state index contributed by atoms with van der Waals surface area (Å²) in [7, 11) is 2.02. The van der Waals surface area contributed by atoms with Crippen molar-refractivity contribution in [2.75, 3.05) is 55.7 Å². The molecule has 2 fully saturated rings. The van der Waals surface area contributed by atoms with Crippen molar-refractivity contribution < 1.29 is 23.4 Å². The number of nitrogens with one attached hydrogen (secondary N) is 1. The average Bonchev–Trinajstić information content (AvgIpc) is 3.80. The van der Waals surface area contributed by atoms with E-state index < -0.39 is 23.8 Å². The minimum atomic E-state index is -0.986. The van der Waals surface area contributed by atoms with Crippen molar-refractivity contribution in [3.63, 3.8) is 0 Å². The van der Waals surface area contributed by atoms with Crippen LogP contribution in [0, 0.1) is 23.0 Å². The summed E-state index contributed by atoms with van der Waals surface area (Å²) in [6.07, 6.45) is 2.18. The molecule has 2 saturated heterocycles. The minimum Gasteiger partial charge on any atom is -0.459 e. The minimum absolute atomic E-state index is 0.0268. The molecule has 3 atom stereocenters. The van der Waals surface area contributed by atoms with E-state index in [-0.39, 0.29) is 97.9 Å². The molecule has 0 radical (unpaired) electrons. The molecule has 17 heteroatoms. The van der Waals surface area contributed by atoms with Gasteiger partial charge in [0.1, 0.15) is 34.3 Å². The van der Waals surface area contributed by atoms with Crippen molar-refractivity contribution in [2.24, 2.45) is 0 Å². The van der Waals surface area contributed by atoms with E-state index in [0.717, 1.165) is 30.7 Å². The van der Waals surface area contributed by atoms with E-state index in [1.54, 1.807) is 16.5 Å². The number of nitrogens with zero attached hydrogens (tertiary/aromatic N) is 7. The van der Waals surface area contributed by atoms with E-state index in [2.05, 4.69) is 20.2 Å². The third-order valence-electron chi connectivity index (χ3n) is 9.19. The molecule has 260 valence electrons. The highest BCUT2D eigenvalue weighted by Crippen LogP contribution is 2.45. The molecular weight excluding hydrogens is 708 g/mol. The fourth-order valence-corrected chi connectivity index (χ4v) is 8.57. The number of anilines is 3. The predicted molar refractivity (Wildman–Crippen MR) is 191 cm³/mol. The molecule has 0 spiro atoms. The number of hydrogen-bond donors (Lipinski definition) is 3. The van der Waals surface area contributed by atoms with Gasteiger partial charge < -0.3 is 25.4 Å². The van der Waals surface area contributed by atoms with Gasteiger partial charge in [-0.1, -0.05) is 17.7 Å². The quantitative estimate of drug-likeness (QED) is 0.191. The summed E-state index contributed by atoms with van der Waals surface area (Å²) < 4.78 is 38.4. The number of likely N-dealkylation sites (N-methyl/N-ethyl adjacent to an activating group) is 1. The number of nitrogen functional groups attached to an aromatic ring is 1. The summed E-state index contributed by atoms with van der Waals surface area (Å²) in [5, 5.41) is 26.3. The Hall–Kier alpha value is -4.40. The van der Waals surface area contributed by atoms with Crippen molar-refractivity contribution in [3.05, 3.63) is 52.0 Å². The van der Waals surface area contributed by atoms with Gasteiger partial charge in [-0.3, -0.25) is 10.2 Å². The van der Waals surface area contributed by atoms with Crippen LogP contribution in [-0.4, -0.2) is 93.9 Å². The summed E-state index contributed by atoms with van der Waals surface area (Å²) in [5.74, 6) is -1.17. The first-order valence-corrected chi connectivity index (χ1v) is 18.0. The number of carbonyl (C=O) groups is 1. The maximum absolute atomic E-state index is 17.0. The molecule has 50 heavy (non-hydrogen) atoms. The van der Waals surface area contributed by atoms with E-state index in [4.69, 9.17) is 27.1 Å². The summed E-state index contributed by atoms with van der Waals surface area (Å²) in [4.78, 5) is 31.9. The molecule has 2 aliphatic rings. The molecule has 5 heterocycles. The number of nitrogens with two attached hydrogens (primary N) is 1. The Labute approximate surface area is 298 Å². The van der Waals surface area contributed by atoms with E-state index in [1.807, 2.05) is 20.0 Å². The molecule has 2 aromatic carbocycles. The monoisotopic (exact) mass is 739 g/mol. The lowest BCUT2D eigenvalue weighted by atomic mass is 9.97. The van der Waals surface area contributed by atoms with Gasteiger partial charge in [0.25, 0.3) is 0 Å². The number of benzene rings is 2. The number of aromatic nitrogens is 3. The molecule has 2 aliphatic heterocycles. The molecule has 1 unspecified atom stereocenters. The number of hydrogen-bond acceptors (Lipinski definition) is 12. The number of ether oxygens (including phenoxy) is 1. The largest absolute Gasteiger partial charge is 0.459 e. The van der Waals surface area contributed by atoms with Gasteiger partial charge in [0, 0.05) is 53.6 Å². The number of fused-ring (bicyclic) bond motifs is 2. The first-order chi connectivity index (χ1) is 24.0. The predicted octanol–water partition coefficient (Wildman–Crippen LogP) is 5.93. The van der Waals surface area contributed by atoms with Crippen LogP contribution in [0.2, 0.25) is 5.02 Å². The number of likely N-dealkylation sites (tertiary alicyclic amines) is 1. The Balaban J connectivity index is 1.34. The van der Waals surface area contributed by atoms with Gasteiger partial charge in [0.15, 0.2) is 10.9 Å². The summed E-state index contributed by atoms with van der Waals surface area (Å²) in [6.45, 7) is 3.37. The van der Waals surface area contributed by atoms with E-state index >= 15 is 4.39 Å². The standard InChI is InChI=1S/C33H32ClF2N9O3S2/c1-16(23-4-3-8-43(23)2)48-31-40-27-19(30(41-31)44-9-10-45(15-17(46)14-44)33(47)42-32-39-7-11-49-32)12-21(34)25(26(27)36)18-5-6-22(35)28-24(18)20(13-37)29(38)50-28/h5-7,11-12,16-17,23,46H,3-4,8-10,14-15,38H2,1-2H3,(H,39,42,47)/t16-,17?,23-/m0/s1. The number of nitriles is 1. The van der Waals surface area contributed by atoms with Gasteiger partial charge in [-0.2, -0.15) is 15.2 Å². The molecule has 3 aromatic heterocycles. The van der Waals surface area contributed by atoms with Gasteiger partial charge >= 0.3 is 12.0 Å². The second-order valence-corrected chi connectivity index (χ2v) is 14.7. The summed E-state index contributed by atoms with van der Waals surface area (Å²) in [6, 6.07) is 5.69. The molecule has 2 amide bonds. The number of aliphatic hydroxyl groups is 1. The van der Waals surface area contributed by atoms with Crippen LogP contribution in [-0.2, 0) is 0 Å². The number of aliphatic hydroxyl groups excluding tert-OH is 1. The van der Waals surface area contributed by atoms with Gasteiger partial charge in [0.2, 0.25) is 0 Å². The molecular formula is C33H32ClF2N9O3S2. The third kappa shape index (κ3) is 6.24. The molecule has 0 aliphatic carbocycles. The topological polar surface area (TPSA) is 157 Å². The highest BCUT2D eigenvalue weighted by atomic mass is 35.5. The van der Waals surface area contributed by atoms with Crippen LogP contribution in [0.4, 0.5) is 29.5 Å². The van der Waals surface area contributed by atoms with Crippen LogP contribution in [0.25, 0.3) is 32.1 Å². The van der Waals surface area contributed by atoms with Crippen LogP contribution in [0.15, 0.2) is 29.8 Å². The Morgan fingerprint density at radius 2 is 2.08 bits per heavy atom. The SMILES string of the molecule is C[C@H](Oc1nc(N2CCN(C(=O)Nc3nccs3)CC(O)C2)c2cc(Cl)c(-c3ccc(F)c4sc(N)c(C#N)c34)c(F)c2n1)[C@@H]1CCCN1C. The van der Waals surface area contributed by atoms with Gasteiger partial charge in [-0.05, 0) is 51.1 Å². The highest BCUT2D eigenvalue weighted by molar-refractivity contribution is 7.23. The maximum atomic E-state index is 17.0. The molecule has 0 bridgehead atoms. The second kappa shape index (κ2) is 13.7. The number of amides is 2. The average molecular weight is 740 g/mol. The number of rotatable bonds is 6. The van der Waals surface area contributed by atoms with Gasteiger partial charge in [-0.15, -0.1) is 22.7 Å². The maximum Gasteiger partial charge on any atom is 0.323 e. The van der Waals surface area contributed by atoms with Crippen molar-refractivity contribution in [3.8, 4) is 23.2 Å². The van der Waals surface area contributed by atoms with Crippen LogP contribution < -0.4 is 20.7 Å². The van der Waals surface area contributed by atoms with Crippen molar-refractivity contribution in [1.82, 2.24) is 24.8 Å². The third-order valence-corrected chi connectivity index (χ3v) is 11.2. The Morgan fingerprint density at radius 3 is 2.80 bits per heavy atom. The molecule has 4 N–H and O–H groups in total. The lowest BCUT2D eigenvalue weighted by Crippen LogP contribution is -2.40. The molecule has 5 aromatic rings. The number of carbonyl (C=O) groups excluding carboxylic acids is 1. The summed E-state index contributed by atoms with van der Waals surface area (Å²) >= 11 is 9.02. The van der Waals surface area contributed by atoms with Crippen LogP contribution in [0.1, 0.15) is 25.3 Å². The Bertz CT molecular complexity index is 2150. The number of β-amino-alcohol motifs (C(OH)–C–C–N with tert-alkyl or cyclic N) is 1. The Kier molecular flexibility index (Phi) is 9.35. The fourth-order valence-electron chi connectivity index (χ4n) is 6.81. The van der Waals surface area contributed by atoms with E-state index in [0.29, 0.717) is 5.13 Å². The number of urea groups is 1. The zero-order valence-corrected chi connectivity index (χ0v) is 29.4. The highest BCUT2D eigenvalue weighted by Gasteiger charge is 2.32. The van der Waals surface area contributed by atoms with E-state index in [1.165, 1.54) is 34.4 Å². The number of halogens is 3. The first-order valence-electron chi connectivity index (χ1n) is 15.9. The van der Waals surface area contributed by atoms with Crippen LogP contribution in [0.5, 0.6) is 6.01 Å². The second-order valence-electron chi connectivity index (χ2n) is 12.4. The normalized spacial score (nSPS) is 19.1. The van der Waals surface area contributed by atoms with E-state index in [9.17, 15) is 19.6 Å².